The topological polar surface area (TPSA) is 32.3 Å². The van der Waals surface area contributed by atoms with E-state index in [1.54, 1.807) is 6.07 Å². The molecule has 0 aromatic heterocycles. The Balaban J connectivity index is 1.98. The van der Waals surface area contributed by atoms with Gasteiger partial charge in [-0.05, 0) is 47.7 Å². The molecule has 1 atom stereocenters. The van der Waals surface area contributed by atoms with Gasteiger partial charge in [0.2, 0.25) is 0 Å². The van der Waals surface area contributed by atoms with Crippen molar-refractivity contribution in [2.24, 2.45) is 0 Å². The van der Waals surface area contributed by atoms with Crippen molar-refractivity contribution in [1.29, 1.82) is 0 Å². The number of halogens is 1. The molecular formula is C17H20FNO. The number of anilines is 1. The van der Waals surface area contributed by atoms with E-state index in [1.165, 1.54) is 17.7 Å². The molecule has 0 fully saturated rings. The first-order chi connectivity index (χ1) is 9.60. The maximum Gasteiger partial charge on any atom is 0.165 e. The van der Waals surface area contributed by atoms with E-state index in [1.807, 2.05) is 12.1 Å². The fraction of sp³-hybridized carbons (Fsp3) is 0.294. The lowest BCUT2D eigenvalue weighted by Gasteiger charge is -2.11. The first-order valence-electron chi connectivity index (χ1n) is 6.91. The van der Waals surface area contributed by atoms with Crippen LogP contribution in [-0.4, -0.2) is 5.11 Å². The third-order valence-corrected chi connectivity index (χ3v) is 3.60. The lowest BCUT2D eigenvalue weighted by Crippen LogP contribution is -2.00. The molecule has 0 radical (unpaired) electrons. The number of benzene rings is 2. The third-order valence-electron chi connectivity index (χ3n) is 3.60. The summed E-state index contributed by atoms with van der Waals surface area (Å²) in [4.78, 5) is 0. The molecular weight excluding hydrogens is 253 g/mol. The summed E-state index contributed by atoms with van der Waals surface area (Å²) in [5.74, 6) is -0.335. The van der Waals surface area contributed by atoms with Crippen LogP contribution in [0.3, 0.4) is 0 Å². The van der Waals surface area contributed by atoms with Crippen LogP contribution in [-0.2, 0) is 6.54 Å². The number of hydrogen-bond donors (Lipinski definition) is 2. The third kappa shape index (κ3) is 3.50. The Hall–Kier alpha value is -2.03. The highest BCUT2D eigenvalue weighted by Gasteiger charge is 2.03. The minimum Gasteiger partial charge on any atom is -0.505 e. The summed E-state index contributed by atoms with van der Waals surface area (Å²) >= 11 is 0. The molecule has 0 aliphatic carbocycles. The Morgan fingerprint density at radius 1 is 1.15 bits per heavy atom. The molecule has 1 unspecified atom stereocenters. The molecule has 2 nitrogen and oxygen atoms in total. The maximum atomic E-state index is 13.2. The van der Waals surface area contributed by atoms with Crippen LogP contribution in [0.2, 0.25) is 0 Å². The first-order valence-corrected chi connectivity index (χ1v) is 6.91. The van der Waals surface area contributed by atoms with Crippen molar-refractivity contribution in [2.75, 3.05) is 5.32 Å². The maximum absolute atomic E-state index is 13.2. The summed E-state index contributed by atoms with van der Waals surface area (Å²) in [6.45, 7) is 4.91. The molecule has 106 valence electrons. The number of nitrogens with one attached hydrogen (secondary N) is 1. The number of rotatable bonds is 5. The Kier molecular flexibility index (Phi) is 4.61. The van der Waals surface area contributed by atoms with Gasteiger partial charge in [0, 0.05) is 12.2 Å². The van der Waals surface area contributed by atoms with Crippen LogP contribution < -0.4 is 5.32 Å². The van der Waals surface area contributed by atoms with Crippen molar-refractivity contribution in [1.82, 2.24) is 0 Å². The first kappa shape index (κ1) is 14.4. The second-order valence-corrected chi connectivity index (χ2v) is 5.07. The number of phenols is 1. The minimum absolute atomic E-state index is 0.313. The van der Waals surface area contributed by atoms with E-state index in [0.717, 1.165) is 17.7 Å². The van der Waals surface area contributed by atoms with Crippen LogP contribution >= 0.6 is 0 Å². The van der Waals surface area contributed by atoms with Gasteiger partial charge in [-0.3, -0.25) is 0 Å². The second kappa shape index (κ2) is 6.42. The number of hydrogen-bond acceptors (Lipinski definition) is 2. The van der Waals surface area contributed by atoms with E-state index in [0.29, 0.717) is 12.5 Å². The van der Waals surface area contributed by atoms with Gasteiger partial charge in [0.25, 0.3) is 0 Å². The largest absolute Gasteiger partial charge is 0.505 e. The molecule has 2 N–H and O–H groups in total. The van der Waals surface area contributed by atoms with E-state index < -0.39 is 5.82 Å². The highest BCUT2D eigenvalue weighted by molar-refractivity contribution is 5.46. The Labute approximate surface area is 119 Å². The fourth-order valence-corrected chi connectivity index (χ4v) is 2.03. The molecule has 0 saturated heterocycles. The van der Waals surface area contributed by atoms with Crippen molar-refractivity contribution in [3.05, 3.63) is 59.4 Å². The molecule has 0 heterocycles. The molecule has 2 aromatic rings. The summed E-state index contributed by atoms with van der Waals surface area (Å²) in [6, 6.07) is 12.7. The van der Waals surface area contributed by atoms with Gasteiger partial charge in [-0.25, -0.2) is 4.39 Å². The average molecular weight is 273 g/mol. The lowest BCUT2D eigenvalue weighted by molar-refractivity contribution is 0.432. The van der Waals surface area contributed by atoms with Crippen molar-refractivity contribution in [3.8, 4) is 5.75 Å². The highest BCUT2D eigenvalue weighted by Crippen LogP contribution is 2.21. The molecule has 0 aliphatic heterocycles. The molecule has 0 amide bonds. The van der Waals surface area contributed by atoms with Crippen molar-refractivity contribution in [3.63, 3.8) is 0 Å². The van der Waals surface area contributed by atoms with Crippen LogP contribution in [0.25, 0.3) is 0 Å². The van der Waals surface area contributed by atoms with Crippen molar-refractivity contribution >= 4 is 5.69 Å². The standard InChI is InChI=1S/C17H20FNO/c1-3-12(2)14-5-7-15(8-6-14)19-11-13-4-9-17(20)16(18)10-13/h4-10,12,19-20H,3,11H2,1-2H3. The van der Waals surface area contributed by atoms with Gasteiger partial charge in [0.05, 0.1) is 0 Å². The number of phenolic OH excluding ortho intramolecular Hbond substituents is 1. The van der Waals surface area contributed by atoms with Crippen LogP contribution in [0, 0.1) is 5.82 Å². The average Bonchev–Trinajstić information content (AvgIpc) is 2.48. The molecule has 0 aliphatic rings. The molecule has 3 heteroatoms. The number of aromatic hydroxyl groups is 1. The quantitative estimate of drug-likeness (QED) is 0.830. The lowest BCUT2D eigenvalue weighted by atomic mass is 9.99. The van der Waals surface area contributed by atoms with E-state index in [2.05, 4.69) is 31.3 Å². The zero-order chi connectivity index (χ0) is 14.5. The van der Waals surface area contributed by atoms with Crippen LogP contribution in [0.5, 0.6) is 5.75 Å². The summed E-state index contributed by atoms with van der Waals surface area (Å²) in [5, 5.41) is 12.4. The monoisotopic (exact) mass is 273 g/mol. The van der Waals surface area contributed by atoms with Gasteiger partial charge in [-0.2, -0.15) is 0 Å². The zero-order valence-electron chi connectivity index (χ0n) is 11.9. The summed E-state index contributed by atoms with van der Waals surface area (Å²) < 4.78 is 13.2. The van der Waals surface area contributed by atoms with Crippen LogP contribution in [0.4, 0.5) is 10.1 Å². The Bertz CT molecular complexity index is 566. The van der Waals surface area contributed by atoms with Crippen molar-refractivity contribution in [2.45, 2.75) is 32.7 Å². The van der Waals surface area contributed by atoms with E-state index >= 15 is 0 Å². The highest BCUT2D eigenvalue weighted by atomic mass is 19.1. The van der Waals surface area contributed by atoms with Gasteiger partial charge in [0.1, 0.15) is 0 Å². The van der Waals surface area contributed by atoms with Gasteiger partial charge < -0.3 is 10.4 Å². The normalized spacial score (nSPS) is 12.2. The van der Waals surface area contributed by atoms with Crippen LogP contribution in [0.15, 0.2) is 42.5 Å². The van der Waals surface area contributed by atoms with Crippen LogP contribution in [0.1, 0.15) is 37.3 Å². The van der Waals surface area contributed by atoms with Gasteiger partial charge in [0.15, 0.2) is 11.6 Å². The Morgan fingerprint density at radius 2 is 1.85 bits per heavy atom. The van der Waals surface area contributed by atoms with Gasteiger partial charge in [-0.15, -0.1) is 0 Å². The SMILES string of the molecule is CCC(C)c1ccc(NCc2ccc(O)c(F)c2)cc1. The fourth-order valence-electron chi connectivity index (χ4n) is 2.03. The molecule has 0 saturated carbocycles. The molecule has 20 heavy (non-hydrogen) atoms. The van der Waals surface area contributed by atoms with E-state index in [4.69, 9.17) is 5.11 Å². The summed E-state index contributed by atoms with van der Waals surface area (Å²) in [5.41, 5.74) is 3.13. The van der Waals surface area contributed by atoms with Gasteiger partial charge >= 0.3 is 0 Å². The molecule has 2 aromatic carbocycles. The predicted octanol–water partition coefficient (Wildman–Crippen LogP) is 4.66. The molecule has 0 spiro atoms. The molecule has 0 bridgehead atoms. The second-order valence-electron chi connectivity index (χ2n) is 5.07. The summed E-state index contributed by atoms with van der Waals surface area (Å²) in [7, 11) is 0. The van der Waals surface area contributed by atoms with Gasteiger partial charge in [-0.1, -0.05) is 32.0 Å². The zero-order valence-corrected chi connectivity index (χ0v) is 11.9. The summed E-state index contributed by atoms with van der Waals surface area (Å²) in [6.07, 6.45) is 1.12. The Morgan fingerprint density at radius 3 is 2.45 bits per heavy atom. The smallest absolute Gasteiger partial charge is 0.165 e. The minimum atomic E-state index is -0.587. The van der Waals surface area contributed by atoms with E-state index in [9.17, 15) is 4.39 Å². The predicted molar refractivity (Wildman–Crippen MR) is 80.5 cm³/mol. The van der Waals surface area contributed by atoms with E-state index in [-0.39, 0.29) is 5.75 Å². The van der Waals surface area contributed by atoms with Crippen molar-refractivity contribution < 1.29 is 9.50 Å². The molecule has 2 rings (SSSR count).